The molecule has 0 radical (unpaired) electrons. The highest BCUT2D eigenvalue weighted by Crippen LogP contribution is 2.40. The summed E-state index contributed by atoms with van der Waals surface area (Å²) in [5.74, 6) is 0.482. The second kappa shape index (κ2) is 5.63. The fourth-order valence-corrected chi connectivity index (χ4v) is 3.50. The molecule has 0 spiro atoms. The zero-order valence-corrected chi connectivity index (χ0v) is 12.7. The van der Waals surface area contributed by atoms with E-state index in [0.717, 1.165) is 44.1 Å². The van der Waals surface area contributed by atoms with Gasteiger partial charge in [-0.05, 0) is 62.9 Å². The van der Waals surface area contributed by atoms with Gasteiger partial charge in [-0.2, -0.15) is 0 Å². The summed E-state index contributed by atoms with van der Waals surface area (Å²) in [6, 6.07) is 5.06. The van der Waals surface area contributed by atoms with Gasteiger partial charge in [-0.1, -0.05) is 17.7 Å². The van der Waals surface area contributed by atoms with Gasteiger partial charge in [0.05, 0.1) is 5.02 Å². The fraction of sp³-hybridized carbons (Fsp3) is 0.625. The van der Waals surface area contributed by atoms with E-state index < -0.39 is 0 Å². The highest BCUT2D eigenvalue weighted by molar-refractivity contribution is 6.30. The first-order valence-corrected chi connectivity index (χ1v) is 7.86. The minimum Gasteiger partial charge on any atom is -0.310 e. The summed E-state index contributed by atoms with van der Waals surface area (Å²) in [6.45, 7) is 6.44. The zero-order valence-electron chi connectivity index (χ0n) is 12.0. The lowest BCUT2D eigenvalue weighted by molar-refractivity contribution is 0.195. The van der Waals surface area contributed by atoms with Crippen molar-refractivity contribution in [1.82, 2.24) is 10.2 Å². The van der Waals surface area contributed by atoms with Crippen molar-refractivity contribution in [3.05, 3.63) is 34.6 Å². The molecule has 1 saturated carbocycles. The Hall–Kier alpha value is -0.640. The third-order valence-corrected chi connectivity index (χ3v) is 4.89. The molecule has 4 heteroatoms. The second-order valence-electron chi connectivity index (χ2n) is 6.43. The molecule has 110 valence electrons. The predicted octanol–water partition coefficient (Wildman–Crippen LogP) is 3.44. The van der Waals surface area contributed by atoms with E-state index in [2.05, 4.69) is 17.1 Å². The van der Waals surface area contributed by atoms with Crippen LogP contribution in [-0.2, 0) is 6.54 Å². The minimum absolute atomic E-state index is 0.223. The Bertz CT molecular complexity index is 489. The van der Waals surface area contributed by atoms with Crippen molar-refractivity contribution >= 4 is 11.6 Å². The summed E-state index contributed by atoms with van der Waals surface area (Å²) < 4.78 is 13.2. The molecular formula is C16H22ClFN2. The zero-order chi connectivity index (χ0) is 14.2. The first kappa shape index (κ1) is 14.3. The van der Waals surface area contributed by atoms with E-state index in [1.807, 2.05) is 6.07 Å². The van der Waals surface area contributed by atoms with Crippen LogP contribution in [0.1, 0.15) is 31.7 Å². The van der Waals surface area contributed by atoms with Gasteiger partial charge >= 0.3 is 0 Å². The van der Waals surface area contributed by atoms with Crippen molar-refractivity contribution in [2.45, 2.75) is 38.3 Å². The van der Waals surface area contributed by atoms with Crippen LogP contribution in [0.5, 0.6) is 0 Å². The van der Waals surface area contributed by atoms with Gasteiger partial charge in [0.2, 0.25) is 0 Å². The van der Waals surface area contributed by atoms with Crippen LogP contribution in [0, 0.1) is 11.7 Å². The molecular weight excluding hydrogens is 275 g/mol. The van der Waals surface area contributed by atoms with E-state index in [4.69, 9.17) is 11.6 Å². The van der Waals surface area contributed by atoms with Gasteiger partial charge in [-0.3, -0.25) is 4.90 Å². The molecule has 1 heterocycles. The third-order valence-electron chi connectivity index (χ3n) is 4.60. The van der Waals surface area contributed by atoms with E-state index in [0.29, 0.717) is 0 Å². The van der Waals surface area contributed by atoms with Crippen LogP contribution < -0.4 is 5.32 Å². The summed E-state index contributed by atoms with van der Waals surface area (Å²) in [5, 5.41) is 3.95. The van der Waals surface area contributed by atoms with Crippen LogP contribution in [0.3, 0.4) is 0 Å². The molecule has 1 aromatic rings. The molecule has 0 amide bonds. The first-order valence-electron chi connectivity index (χ1n) is 7.48. The van der Waals surface area contributed by atoms with Crippen molar-refractivity contribution in [3.63, 3.8) is 0 Å². The average Bonchev–Trinajstić information content (AvgIpc) is 3.22. The number of nitrogens with one attached hydrogen (secondary N) is 1. The van der Waals surface area contributed by atoms with E-state index in [1.165, 1.54) is 18.9 Å². The number of rotatable bonds is 3. The Morgan fingerprint density at radius 3 is 2.95 bits per heavy atom. The van der Waals surface area contributed by atoms with Crippen LogP contribution in [0.2, 0.25) is 5.02 Å². The minimum atomic E-state index is -0.337. The molecule has 1 saturated heterocycles. The van der Waals surface area contributed by atoms with Crippen LogP contribution >= 0.6 is 11.6 Å². The van der Waals surface area contributed by atoms with Crippen LogP contribution in [0.4, 0.5) is 4.39 Å². The molecule has 1 aromatic carbocycles. The Morgan fingerprint density at radius 2 is 2.25 bits per heavy atom. The number of hydrogen-bond donors (Lipinski definition) is 1. The van der Waals surface area contributed by atoms with Gasteiger partial charge in [-0.15, -0.1) is 0 Å². The number of nitrogens with zero attached hydrogens (tertiary/aromatic N) is 1. The van der Waals surface area contributed by atoms with Gasteiger partial charge in [0.15, 0.2) is 0 Å². The molecule has 2 fully saturated rings. The lowest BCUT2D eigenvalue weighted by Crippen LogP contribution is -2.50. The van der Waals surface area contributed by atoms with Crippen molar-refractivity contribution in [1.29, 1.82) is 0 Å². The lowest BCUT2D eigenvalue weighted by Gasteiger charge is -2.34. The first-order chi connectivity index (χ1) is 9.57. The molecule has 1 aliphatic carbocycles. The van der Waals surface area contributed by atoms with Gasteiger partial charge in [-0.25, -0.2) is 4.39 Å². The summed E-state index contributed by atoms with van der Waals surface area (Å²) in [4.78, 5) is 2.47. The van der Waals surface area contributed by atoms with E-state index >= 15 is 0 Å². The van der Waals surface area contributed by atoms with Crippen molar-refractivity contribution in [3.8, 4) is 0 Å². The molecule has 2 aliphatic rings. The van der Waals surface area contributed by atoms with Crippen LogP contribution in [0.15, 0.2) is 18.2 Å². The highest BCUT2D eigenvalue weighted by Gasteiger charge is 2.42. The van der Waals surface area contributed by atoms with E-state index in [9.17, 15) is 4.39 Å². The van der Waals surface area contributed by atoms with Gasteiger partial charge < -0.3 is 5.32 Å². The highest BCUT2D eigenvalue weighted by atomic mass is 35.5. The predicted molar refractivity (Wildman–Crippen MR) is 80.4 cm³/mol. The molecule has 2 nitrogen and oxygen atoms in total. The molecule has 0 aromatic heterocycles. The van der Waals surface area contributed by atoms with E-state index in [-0.39, 0.29) is 16.4 Å². The maximum Gasteiger partial charge on any atom is 0.141 e. The van der Waals surface area contributed by atoms with Gasteiger partial charge in [0, 0.05) is 18.6 Å². The second-order valence-corrected chi connectivity index (χ2v) is 6.84. The molecule has 20 heavy (non-hydrogen) atoms. The maximum absolute atomic E-state index is 13.2. The van der Waals surface area contributed by atoms with Crippen molar-refractivity contribution in [2.24, 2.45) is 5.92 Å². The molecule has 1 unspecified atom stereocenters. The standard InChI is InChI=1S/C16H22ClFN2/c1-16(13-4-5-13)11-20(8-2-7-19-16)10-12-3-6-15(18)14(17)9-12/h3,6,9,13,19H,2,4-5,7-8,10-11H2,1H3. The molecule has 3 rings (SSSR count). The lowest BCUT2D eigenvalue weighted by atomic mass is 9.95. The van der Waals surface area contributed by atoms with E-state index in [1.54, 1.807) is 6.07 Å². The third kappa shape index (κ3) is 3.16. The molecule has 1 atom stereocenters. The van der Waals surface area contributed by atoms with Crippen molar-refractivity contribution in [2.75, 3.05) is 19.6 Å². The normalized spacial score (nSPS) is 28.4. The number of benzene rings is 1. The molecule has 1 aliphatic heterocycles. The summed E-state index contributed by atoms with van der Waals surface area (Å²) in [7, 11) is 0. The van der Waals surface area contributed by atoms with Crippen LogP contribution in [0.25, 0.3) is 0 Å². The summed E-state index contributed by atoms with van der Waals surface area (Å²) in [5.41, 5.74) is 1.33. The smallest absolute Gasteiger partial charge is 0.141 e. The fourth-order valence-electron chi connectivity index (χ4n) is 3.30. The summed E-state index contributed by atoms with van der Waals surface area (Å²) in [6.07, 6.45) is 3.86. The Labute approximate surface area is 125 Å². The topological polar surface area (TPSA) is 15.3 Å². The number of halogens is 2. The largest absolute Gasteiger partial charge is 0.310 e. The SMILES string of the molecule is CC1(C2CC2)CN(Cc2ccc(F)c(Cl)c2)CCCN1. The number of hydrogen-bond acceptors (Lipinski definition) is 2. The Balaban J connectivity index is 1.70. The average molecular weight is 297 g/mol. The Kier molecular flexibility index (Phi) is 4.02. The Morgan fingerprint density at radius 1 is 1.45 bits per heavy atom. The van der Waals surface area contributed by atoms with Crippen molar-refractivity contribution < 1.29 is 4.39 Å². The quantitative estimate of drug-likeness (QED) is 0.919. The van der Waals surface area contributed by atoms with Gasteiger partial charge in [0.1, 0.15) is 5.82 Å². The molecule has 1 N–H and O–H groups in total. The summed E-state index contributed by atoms with van der Waals surface area (Å²) >= 11 is 5.87. The van der Waals surface area contributed by atoms with Crippen LogP contribution in [-0.4, -0.2) is 30.1 Å². The maximum atomic E-state index is 13.2. The molecule has 0 bridgehead atoms. The van der Waals surface area contributed by atoms with Gasteiger partial charge in [0.25, 0.3) is 0 Å². The monoisotopic (exact) mass is 296 g/mol.